The maximum Gasteiger partial charge on any atom is 0.255 e. The van der Waals surface area contributed by atoms with Crippen LogP contribution in [0.3, 0.4) is 0 Å². The number of hydrogen-bond acceptors (Lipinski definition) is 3. The van der Waals surface area contributed by atoms with Crippen molar-refractivity contribution in [2.45, 2.75) is 19.4 Å². The van der Waals surface area contributed by atoms with Crippen molar-refractivity contribution in [2.75, 3.05) is 6.54 Å². The molecule has 0 atom stereocenters. The van der Waals surface area contributed by atoms with E-state index < -0.39 is 5.54 Å². The van der Waals surface area contributed by atoms with E-state index in [1.807, 2.05) is 44.2 Å². The molecule has 0 saturated heterocycles. The molecule has 100 valence electrons. The Morgan fingerprint density at radius 1 is 1.37 bits per heavy atom. The van der Waals surface area contributed by atoms with Gasteiger partial charge in [-0.25, -0.2) is 0 Å². The summed E-state index contributed by atoms with van der Waals surface area (Å²) in [7, 11) is 0. The van der Waals surface area contributed by atoms with Crippen LogP contribution < -0.4 is 11.1 Å². The van der Waals surface area contributed by atoms with Crippen LogP contribution in [0.1, 0.15) is 24.2 Å². The normalized spacial score (nSPS) is 11.3. The Labute approximate surface area is 112 Å². The fourth-order valence-electron chi connectivity index (χ4n) is 1.69. The summed E-state index contributed by atoms with van der Waals surface area (Å²) >= 11 is 0. The second kappa shape index (κ2) is 5.24. The van der Waals surface area contributed by atoms with E-state index >= 15 is 0 Å². The summed E-state index contributed by atoms with van der Waals surface area (Å²) in [5, 5.41) is 9.62. The van der Waals surface area contributed by atoms with Crippen molar-refractivity contribution < 1.29 is 4.79 Å². The molecule has 19 heavy (non-hydrogen) atoms. The highest BCUT2D eigenvalue weighted by atomic mass is 16.1. The molecule has 1 aromatic heterocycles. The lowest BCUT2D eigenvalue weighted by Gasteiger charge is -2.18. The van der Waals surface area contributed by atoms with Crippen molar-refractivity contribution in [3.05, 3.63) is 42.1 Å². The third kappa shape index (κ3) is 3.42. The van der Waals surface area contributed by atoms with Gasteiger partial charge in [0.2, 0.25) is 0 Å². The number of hydrogen-bond donors (Lipinski definition) is 3. The SMILES string of the molecule is CC(C)(N)CNC(=O)c1cn[nH]c1-c1ccccc1. The van der Waals surface area contributed by atoms with E-state index in [1.165, 1.54) is 6.20 Å². The Morgan fingerprint density at radius 2 is 2.05 bits per heavy atom. The van der Waals surface area contributed by atoms with Crippen molar-refractivity contribution in [2.24, 2.45) is 5.73 Å². The Morgan fingerprint density at radius 3 is 2.68 bits per heavy atom. The molecule has 1 amide bonds. The van der Waals surface area contributed by atoms with Gasteiger partial charge < -0.3 is 11.1 Å². The third-order valence-electron chi connectivity index (χ3n) is 2.65. The molecule has 0 spiro atoms. The summed E-state index contributed by atoms with van der Waals surface area (Å²) in [6.45, 7) is 4.13. The van der Waals surface area contributed by atoms with Crippen molar-refractivity contribution in [3.63, 3.8) is 0 Å². The quantitative estimate of drug-likeness (QED) is 0.778. The van der Waals surface area contributed by atoms with E-state index in [0.717, 1.165) is 5.56 Å². The van der Waals surface area contributed by atoms with Gasteiger partial charge in [0.25, 0.3) is 5.91 Å². The number of rotatable bonds is 4. The highest BCUT2D eigenvalue weighted by molar-refractivity contribution is 5.99. The predicted molar refractivity (Wildman–Crippen MR) is 74.6 cm³/mol. The van der Waals surface area contributed by atoms with Gasteiger partial charge >= 0.3 is 0 Å². The van der Waals surface area contributed by atoms with Gasteiger partial charge in [-0.15, -0.1) is 0 Å². The molecule has 2 rings (SSSR count). The van der Waals surface area contributed by atoms with Crippen LogP contribution in [-0.2, 0) is 0 Å². The van der Waals surface area contributed by atoms with Crippen LogP contribution in [0.5, 0.6) is 0 Å². The third-order valence-corrected chi connectivity index (χ3v) is 2.65. The summed E-state index contributed by atoms with van der Waals surface area (Å²) in [5.74, 6) is -0.175. The molecule has 0 unspecified atom stereocenters. The van der Waals surface area contributed by atoms with Crippen LogP contribution in [0.15, 0.2) is 36.5 Å². The topological polar surface area (TPSA) is 83.8 Å². The van der Waals surface area contributed by atoms with Crippen molar-refractivity contribution in [1.29, 1.82) is 0 Å². The van der Waals surface area contributed by atoms with E-state index in [0.29, 0.717) is 17.8 Å². The van der Waals surface area contributed by atoms with Gasteiger partial charge in [-0.3, -0.25) is 9.89 Å². The summed E-state index contributed by atoms with van der Waals surface area (Å²) in [6.07, 6.45) is 1.53. The van der Waals surface area contributed by atoms with Gasteiger partial charge in [0, 0.05) is 17.6 Å². The van der Waals surface area contributed by atoms with E-state index in [-0.39, 0.29) is 5.91 Å². The van der Waals surface area contributed by atoms with E-state index in [4.69, 9.17) is 5.73 Å². The Kier molecular flexibility index (Phi) is 3.66. The molecule has 5 nitrogen and oxygen atoms in total. The molecule has 0 bridgehead atoms. The number of H-pyrrole nitrogens is 1. The van der Waals surface area contributed by atoms with E-state index in [2.05, 4.69) is 15.5 Å². The number of nitrogens with zero attached hydrogens (tertiary/aromatic N) is 1. The number of amides is 1. The minimum atomic E-state index is -0.438. The monoisotopic (exact) mass is 258 g/mol. The number of benzene rings is 1. The van der Waals surface area contributed by atoms with Crippen LogP contribution in [0.25, 0.3) is 11.3 Å². The number of nitrogens with two attached hydrogens (primary N) is 1. The van der Waals surface area contributed by atoms with Crippen LogP contribution in [0.2, 0.25) is 0 Å². The summed E-state index contributed by atoms with van der Waals surface area (Å²) in [5.41, 5.74) is 7.58. The molecule has 0 saturated carbocycles. The smallest absolute Gasteiger partial charge is 0.255 e. The first-order chi connectivity index (χ1) is 8.97. The first-order valence-corrected chi connectivity index (χ1v) is 6.13. The zero-order valence-electron chi connectivity index (χ0n) is 11.1. The number of carbonyl (C=O) groups excluding carboxylic acids is 1. The van der Waals surface area contributed by atoms with Gasteiger partial charge in [-0.2, -0.15) is 5.10 Å². The molecule has 0 fully saturated rings. The highest BCUT2D eigenvalue weighted by Gasteiger charge is 2.17. The molecule has 1 heterocycles. The lowest BCUT2D eigenvalue weighted by atomic mass is 10.1. The molecule has 4 N–H and O–H groups in total. The standard InChI is InChI=1S/C14H18N4O/c1-14(2,15)9-16-13(19)11-8-17-18-12(11)10-6-4-3-5-7-10/h3-8H,9,15H2,1-2H3,(H,16,19)(H,17,18). The lowest BCUT2D eigenvalue weighted by Crippen LogP contribution is -2.45. The van der Waals surface area contributed by atoms with Gasteiger partial charge in [-0.05, 0) is 13.8 Å². The molecule has 1 aromatic carbocycles. The maximum absolute atomic E-state index is 12.1. The summed E-state index contributed by atoms with van der Waals surface area (Å²) < 4.78 is 0. The first kappa shape index (κ1) is 13.3. The second-order valence-corrected chi connectivity index (χ2v) is 5.20. The zero-order chi connectivity index (χ0) is 13.9. The van der Waals surface area contributed by atoms with E-state index in [9.17, 15) is 4.79 Å². The molecular weight excluding hydrogens is 240 g/mol. The van der Waals surface area contributed by atoms with Crippen LogP contribution in [-0.4, -0.2) is 28.2 Å². The zero-order valence-corrected chi connectivity index (χ0v) is 11.1. The van der Waals surface area contributed by atoms with Crippen molar-refractivity contribution >= 4 is 5.91 Å². The van der Waals surface area contributed by atoms with Gasteiger partial charge in [0.15, 0.2) is 0 Å². The van der Waals surface area contributed by atoms with Crippen molar-refractivity contribution in [1.82, 2.24) is 15.5 Å². The molecule has 2 aromatic rings. The van der Waals surface area contributed by atoms with Gasteiger partial charge in [0.05, 0.1) is 17.5 Å². The number of nitrogens with one attached hydrogen (secondary N) is 2. The van der Waals surface area contributed by atoms with E-state index in [1.54, 1.807) is 0 Å². The number of carbonyl (C=O) groups is 1. The van der Waals surface area contributed by atoms with Crippen LogP contribution >= 0.6 is 0 Å². The van der Waals surface area contributed by atoms with Gasteiger partial charge in [-0.1, -0.05) is 30.3 Å². The Balaban J connectivity index is 2.18. The second-order valence-electron chi connectivity index (χ2n) is 5.20. The largest absolute Gasteiger partial charge is 0.350 e. The number of aromatic amines is 1. The maximum atomic E-state index is 12.1. The van der Waals surface area contributed by atoms with Gasteiger partial charge in [0.1, 0.15) is 0 Å². The molecular formula is C14H18N4O. The van der Waals surface area contributed by atoms with Crippen LogP contribution in [0.4, 0.5) is 0 Å². The minimum Gasteiger partial charge on any atom is -0.350 e. The molecule has 0 radical (unpaired) electrons. The van der Waals surface area contributed by atoms with Crippen LogP contribution in [0, 0.1) is 0 Å². The summed E-state index contributed by atoms with van der Waals surface area (Å²) in [6, 6.07) is 9.62. The molecule has 0 aliphatic heterocycles. The predicted octanol–water partition coefficient (Wildman–Crippen LogP) is 1.54. The highest BCUT2D eigenvalue weighted by Crippen LogP contribution is 2.20. The Bertz CT molecular complexity index is 554. The average Bonchev–Trinajstić information content (AvgIpc) is 2.85. The summed E-state index contributed by atoms with van der Waals surface area (Å²) in [4.78, 5) is 12.1. The molecule has 0 aliphatic rings. The number of aromatic nitrogens is 2. The first-order valence-electron chi connectivity index (χ1n) is 6.13. The van der Waals surface area contributed by atoms with Crippen molar-refractivity contribution in [3.8, 4) is 11.3 Å². The lowest BCUT2D eigenvalue weighted by molar-refractivity contribution is 0.0947. The minimum absolute atomic E-state index is 0.175. The fraction of sp³-hybridized carbons (Fsp3) is 0.286. The average molecular weight is 258 g/mol. The Hall–Kier alpha value is -2.14. The molecule has 5 heteroatoms. The molecule has 0 aliphatic carbocycles. The fourth-order valence-corrected chi connectivity index (χ4v) is 1.69.